The molecule has 1 aliphatic rings. The fourth-order valence-corrected chi connectivity index (χ4v) is 3.54. The quantitative estimate of drug-likeness (QED) is 0.409. The molecule has 0 spiro atoms. The van der Waals surface area contributed by atoms with Crippen molar-refractivity contribution >= 4 is 28.5 Å². The van der Waals surface area contributed by atoms with Crippen molar-refractivity contribution in [3.63, 3.8) is 0 Å². The van der Waals surface area contributed by atoms with Gasteiger partial charge in [-0.3, -0.25) is 9.20 Å². The summed E-state index contributed by atoms with van der Waals surface area (Å²) < 4.78 is 18.6. The number of nitrogens with zero attached hydrogens (tertiary/aromatic N) is 4. The van der Waals surface area contributed by atoms with Gasteiger partial charge in [-0.25, -0.2) is 4.98 Å². The maximum absolute atomic E-state index is 11.7. The number of carbonyl (C=O) groups excluding carboxylic acids is 1. The molecule has 0 bridgehead atoms. The average molecular weight is 428 g/mol. The third kappa shape index (κ3) is 4.81. The van der Waals surface area contributed by atoms with Crippen molar-refractivity contribution in [2.75, 3.05) is 31.7 Å². The normalized spacial score (nSPS) is 13.2. The van der Waals surface area contributed by atoms with Gasteiger partial charge in [0.15, 0.2) is 17.3 Å². The molecule has 0 saturated carbocycles. The van der Waals surface area contributed by atoms with Gasteiger partial charge in [0.05, 0.1) is 17.6 Å². The Labute approximate surface area is 181 Å². The minimum absolute atomic E-state index is 0.118. The van der Waals surface area contributed by atoms with Crippen LogP contribution in [0.5, 0.6) is 11.5 Å². The number of ether oxygens (including phenoxy) is 3. The van der Waals surface area contributed by atoms with Gasteiger partial charge in [-0.05, 0) is 25.7 Å². The number of esters is 1. The number of hydrogen-bond acceptors (Lipinski definition) is 8. The van der Waals surface area contributed by atoms with E-state index in [4.69, 9.17) is 19.2 Å². The van der Waals surface area contributed by atoms with Crippen molar-refractivity contribution in [3.05, 3.63) is 18.0 Å². The molecule has 2 aromatic heterocycles. The van der Waals surface area contributed by atoms with Crippen LogP contribution in [0.2, 0.25) is 0 Å². The fraction of sp³-hybridized carbons (Fsp3) is 0.545. The van der Waals surface area contributed by atoms with E-state index in [0.29, 0.717) is 55.1 Å². The summed E-state index contributed by atoms with van der Waals surface area (Å²) >= 11 is 0. The molecule has 9 heteroatoms. The largest absolute Gasteiger partial charge is 0.486 e. The number of anilines is 1. The smallest absolute Gasteiger partial charge is 0.305 e. The molecule has 0 unspecified atom stereocenters. The van der Waals surface area contributed by atoms with E-state index in [9.17, 15) is 4.79 Å². The van der Waals surface area contributed by atoms with Crippen molar-refractivity contribution in [2.45, 2.75) is 46.5 Å². The minimum Gasteiger partial charge on any atom is -0.486 e. The molecule has 0 radical (unpaired) electrons. The number of aromatic nitrogens is 4. The first-order chi connectivity index (χ1) is 15.0. The van der Waals surface area contributed by atoms with Gasteiger partial charge in [-0.2, -0.15) is 0 Å². The molecule has 4 rings (SSSR count). The van der Waals surface area contributed by atoms with Crippen LogP contribution in [-0.2, 0) is 9.53 Å². The van der Waals surface area contributed by atoms with Gasteiger partial charge in [0.2, 0.25) is 5.65 Å². The van der Waals surface area contributed by atoms with E-state index in [1.54, 1.807) is 0 Å². The molecule has 3 aromatic rings. The Hall–Kier alpha value is -3.10. The van der Waals surface area contributed by atoms with Crippen LogP contribution in [-0.4, -0.2) is 51.9 Å². The Balaban J connectivity index is 1.40. The molecular formula is C22H29N5O4. The number of rotatable bonds is 9. The molecule has 0 amide bonds. The summed E-state index contributed by atoms with van der Waals surface area (Å²) in [5.41, 5.74) is 2.35. The second kappa shape index (κ2) is 9.36. The molecule has 1 aromatic carbocycles. The highest BCUT2D eigenvalue weighted by atomic mass is 16.6. The van der Waals surface area contributed by atoms with Crippen LogP contribution >= 0.6 is 0 Å². The third-order valence-corrected chi connectivity index (χ3v) is 5.08. The van der Waals surface area contributed by atoms with E-state index in [1.807, 2.05) is 37.3 Å². The Bertz CT molecular complexity index is 1080. The van der Waals surface area contributed by atoms with Crippen molar-refractivity contribution in [1.29, 1.82) is 0 Å². The highest BCUT2D eigenvalue weighted by molar-refractivity contribution is 5.86. The predicted molar refractivity (Wildman–Crippen MR) is 117 cm³/mol. The summed E-state index contributed by atoms with van der Waals surface area (Å²) in [6.07, 6.45) is 3.12. The standard InChI is InChI=1S/C22H29N5O4/c1-14(2)13-31-20(28)7-5-4-6-8-23-21-22-26-25-15(3)27(22)17-12-19-18(11-16(17)24-21)29-9-10-30-19/h11-12,14H,4-10,13H2,1-3H3,(H,23,24). The molecule has 31 heavy (non-hydrogen) atoms. The maximum atomic E-state index is 11.7. The number of benzene rings is 1. The van der Waals surface area contributed by atoms with Crippen molar-refractivity contribution in [2.24, 2.45) is 5.92 Å². The maximum Gasteiger partial charge on any atom is 0.305 e. The van der Waals surface area contributed by atoms with Gasteiger partial charge < -0.3 is 19.5 Å². The lowest BCUT2D eigenvalue weighted by atomic mass is 10.2. The summed E-state index contributed by atoms with van der Waals surface area (Å²) in [7, 11) is 0. The number of aryl methyl sites for hydroxylation is 1. The van der Waals surface area contributed by atoms with Gasteiger partial charge in [-0.15, -0.1) is 10.2 Å². The number of unbranched alkanes of at least 4 members (excludes halogenated alkanes) is 2. The van der Waals surface area contributed by atoms with Gasteiger partial charge >= 0.3 is 5.97 Å². The minimum atomic E-state index is -0.118. The molecular weight excluding hydrogens is 398 g/mol. The summed E-state index contributed by atoms with van der Waals surface area (Å²) in [6.45, 7) is 8.26. The van der Waals surface area contributed by atoms with E-state index in [-0.39, 0.29) is 5.97 Å². The van der Waals surface area contributed by atoms with Gasteiger partial charge in [0, 0.05) is 25.1 Å². The fourth-order valence-electron chi connectivity index (χ4n) is 3.54. The van der Waals surface area contributed by atoms with E-state index < -0.39 is 0 Å². The number of fused-ring (bicyclic) bond motifs is 4. The van der Waals surface area contributed by atoms with Crippen LogP contribution in [0.4, 0.5) is 5.82 Å². The lowest BCUT2D eigenvalue weighted by Crippen LogP contribution is -2.15. The number of carbonyl (C=O) groups is 1. The molecule has 3 heterocycles. The number of nitrogens with one attached hydrogen (secondary N) is 1. The molecule has 166 valence electrons. The Morgan fingerprint density at radius 2 is 1.94 bits per heavy atom. The topological polar surface area (TPSA) is 99.9 Å². The second-order valence-electron chi connectivity index (χ2n) is 8.17. The molecule has 1 aliphatic heterocycles. The van der Waals surface area contributed by atoms with Crippen LogP contribution in [0.3, 0.4) is 0 Å². The van der Waals surface area contributed by atoms with Crippen molar-refractivity contribution in [1.82, 2.24) is 19.6 Å². The summed E-state index contributed by atoms with van der Waals surface area (Å²) in [5, 5.41) is 11.9. The van der Waals surface area contributed by atoms with Gasteiger partial charge in [0.1, 0.15) is 19.0 Å². The van der Waals surface area contributed by atoms with Gasteiger partial charge in [0.25, 0.3) is 0 Å². The molecule has 9 nitrogen and oxygen atoms in total. The first kappa shape index (κ1) is 21.1. The molecule has 0 atom stereocenters. The van der Waals surface area contributed by atoms with E-state index in [2.05, 4.69) is 15.5 Å². The summed E-state index contributed by atoms with van der Waals surface area (Å²) in [4.78, 5) is 16.5. The predicted octanol–water partition coefficient (Wildman–Crippen LogP) is 3.53. The van der Waals surface area contributed by atoms with Crippen LogP contribution in [0.1, 0.15) is 45.4 Å². The first-order valence-corrected chi connectivity index (χ1v) is 10.9. The molecule has 0 saturated heterocycles. The SMILES string of the molecule is Cc1nnc2c(NCCCCCC(=O)OCC(C)C)nc3cc4c(cc3n12)OCCO4. The highest BCUT2D eigenvalue weighted by Crippen LogP contribution is 2.35. The van der Waals surface area contributed by atoms with Crippen LogP contribution in [0.15, 0.2) is 12.1 Å². The van der Waals surface area contributed by atoms with Crippen molar-refractivity contribution < 1.29 is 19.0 Å². The zero-order valence-electron chi connectivity index (χ0n) is 18.3. The van der Waals surface area contributed by atoms with Gasteiger partial charge in [-0.1, -0.05) is 20.3 Å². The molecule has 1 N–H and O–H groups in total. The average Bonchev–Trinajstić information content (AvgIpc) is 3.15. The van der Waals surface area contributed by atoms with Crippen LogP contribution in [0.25, 0.3) is 16.7 Å². The molecule has 0 aliphatic carbocycles. The monoisotopic (exact) mass is 427 g/mol. The highest BCUT2D eigenvalue weighted by Gasteiger charge is 2.18. The van der Waals surface area contributed by atoms with Crippen molar-refractivity contribution in [3.8, 4) is 11.5 Å². The van der Waals surface area contributed by atoms with E-state index in [0.717, 1.165) is 42.7 Å². The van der Waals surface area contributed by atoms with E-state index >= 15 is 0 Å². The Kier molecular flexibility index (Phi) is 6.39. The summed E-state index contributed by atoms with van der Waals surface area (Å²) in [5.74, 6) is 3.12. The second-order valence-corrected chi connectivity index (χ2v) is 8.17. The molecule has 0 fully saturated rings. The van der Waals surface area contributed by atoms with E-state index in [1.165, 1.54) is 0 Å². The first-order valence-electron chi connectivity index (χ1n) is 10.9. The zero-order chi connectivity index (χ0) is 21.8. The van der Waals surface area contributed by atoms with Crippen LogP contribution in [0, 0.1) is 12.8 Å². The lowest BCUT2D eigenvalue weighted by molar-refractivity contribution is -0.144. The van der Waals surface area contributed by atoms with Crippen LogP contribution < -0.4 is 14.8 Å². The Morgan fingerprint density at radius 1 is 1.16 bits per heavy atom. The summed E-state index contributed by atoms with van der Waals surface area (Å²) in [6, 6.07) is 3.83. The number of hydrogen-bond donors (Lipinski definition) is 1. The lowest BCUT2D eigenvalue weighted by Gasteiger charge is -2.19. The zero-order valence-corrected chi connectivity index (χ0v) is 18.3. The Morgan fingerprint density at radius 3 is 2.71 bits per heavy atom. The third-order valence-electron chi connectivity index (χ3n) is 5.08.